The van der Waals surface area contributed by atoms with Crippen LogP contribution in [0.2, 0.25) is 0 Å². The Balaban J connectivity index is 1.68. The van der Waals surface area contributed by atoms with Crippen LogP contribution in [0, 0.1) is 0 Å². The highest BCUT2D eigenvalue weighted by Crippen LogP contribution is 2.06. The third-order valence-electron chi connectivity index (χ3n) is 2.65. The Morgan fingerprint density at radius 1 is 1.17 bits per heavy atom. The summed E-state index contributed by atoms with van der Waals surface area (Å²) in [6, 6.07) is 10.2. The van der Waals surface area contributed by atoms with Crippen molar-refractivity contribution in [2.45, 2.75) is 32.6 Å². The van der Waals surface area contributed by atoms with Crippen molar-refractivity contribution >= 4 is 5.69 Å². The number of hydrogen-bond donors (Lipinski definition) is 1. The van der Waals surface area contributed by atoms with Gasteiger partial charge in [-0.05, 0) is 25.0 Å². The summed E-state index contributed by atoms with van der Waals surface area (Å²) in [6.45, 7) is 3.02. The summed E-state index contributed by atoms with van der Waals surface area (Å²) in [4.78, 5) is 4.34. The fourth-order valence-corrected chi connectivity index (χ4v) is 1.75. The molecule has 18 heavy (non-hydrogen) atoms. The molecule has 0 amide bonds. The van der Waals surface area contributed by atoms with Crippen LogP contribution in [0.1, 0.15) is 31.5 Å². The van der Waals surface area contributed by atoms with Gasteiger partial charge in [0.2, 0.25) is 5.89 Å². The number of benzene rings is 1. The minimum atomic E-state index is 0.744. The van der Waals surface area contributed by atoms with Gasteiger partial charge in [-0.25, -0.2) is 0 Å². The number of nitrogens with zero attached hydrogens (tertiary/aromatic N) is 2. The standard InChI is InChI=1S/C14H19N3O/c1-2-7-13-16-14(18-17-13)10-6-11-15-12-8-4-3-5-9-12/h3-5,8-9,15H,2,6-7,10-11H2,1H3. The Bertz CT molecular complexity index is 453. The van der Waals surface area contributed by atoms with Gasteiger partial charge in [0.05, 0.1) is 0 Å². The molecule has 0 radical (unpaired) electrons. The molecule has 0 atom stereocenters. The first kappa shape index (κ1) is 12.6. The molecule has 1 N–H and O–H groups in total. The molecule has 4 heteroatoms. The van der Waals surface area contributed by atoms with E-state index >= 15 is 0 Å². The minimum absolute atomic E-state index is 0.744. The maximum Gasteiger partial charge on any atom is 0.226 e. The number of nitrogens with one attached hydrogen (secondary N) is 1. The first-order chi connectivity index (χ1) is 8.88. The minimum Gasteiger partial charge on any atom is -0.385 e. The third kappa shape index (κ3) is 3.87. The van der Waals surface area contributed by atoms with Crippen molar-refractivity contribution in [3.63, 3.8) is 0 Å². The monoisotopic (exact) mass is 245 g/mol. The highest BCUT2D eigenvalue weighted by molar-refractivity contribution is 5.42. The lowest BCUT2D eigenvalue weighted by Crippen LogP contribution is -2.02. The Hall–Kier alpha value is -1.84. The van der Waals surface area contributed by atoms with Crippen molar-refractivity contribution in [3.05, 3.63) is 42.0 Å². The topological polar surface area (TPSA) is 51.0 Å². The Kier molecular flexibility index (Phi) is 4.76. The van der Waals surface area contributed by atoms with Crippen LogP contribution in [0.4, 0.5) is 5.69 Å². The van der Waals surface area contributed by atoms with Gasteiger partial charge in [-0.2, -0.15) is 4.98 Å². The molecule has 0 bridgehead atoms. The normalized spacial score (nSPS) is 10.5. The Labute approximate surface area is 107 Å². The summed E-state index contributed by atoms with van der Waals surface area (Å²) in [5.74, 6) is 1.57. The van der Waals surface area contributed by atoms with Crippen molar-refractivity contribution in [2.75, 3.05) is 11.9 Å². The summed E-state index contributed by atoms with van der Waals surface area (Å²) < 4.78 is 5.18. The number of aryl methyl sites for hydroxylation is 2. The van der Waals surface area contributed by atoms with Gasteiger partial charge in [-0.1, -0.05) is 30.3 Å². The van der Waals surface area contributed by atoms with Gasteiger partial charge in [0, 0.05) is 25.1 Å². The summed E-state index contributed by atoms with van der Waals surface area (Å²) in [5, 5.41) is 7.29. The predicted octanol–water partition coefficient (Wildman–Crippen LogP) is 3.07. The second-order valence-corrected chi connectivity index (χ2v) is 4.25. The molecule has 0 aliphatic rings. The summed E-state index contributed by atoms with van der Waals surface area (Å²) in [5.41, 5.74) is 1.15. The van der Waals surface area contributed by atoms with Crippen LogP contribution in [0.5, 0.6) is 0 Å². The molecular weight excluding hydrogens is 226 g/mol. The Morgan fingerprint density at radius 3 is 2.78 bits per heavy atom. The molecule has 1 aromatic heterocycles. The first-order valence-corrected chi connectivity index (χ1v) is 6.49. The molecule has 0 saturated heterocycles. The van der Waals surface area contributed by atoms with Crippen LogP contribution in [-0.4, -0.2) is 16.7 Å². The first-order valence-electron chi connectivity index (χ1n) is 6.49. The average Bonchev–Trinajstić information content (AvgIpc) is 2.84. The van der Waals surface area contributed by atoms with E-state index in [2.05, 4.69) is 34.5 Å². The molecule has 0 fully saturated rings. The van der Waals surface area contributed by atoms with Crippen molar-refractivity contribution in [1.82, 2.24) is 10.1 Å². The number of rotatable bonds is 7. The zero-order valence-electron chi connectivity index (χ0n) is 10.7. The lowest BCUT2D eigenvalue weighted by Gasteiger charge is -2.03. The highest BCUT2D eigenvalue weighted by Gasteiger charge is 2.04. The molecule has 0 aliphatic heterocycles. The molecule has 0 spiro atoms. The van der Waals surface area contributed by atoms with Crippen molar-refractivity contribution < 1.29 is 4.52 Å². The third-order valence-corrected chi connectivity index (χ3v) is 2.65. The van der Waals surface area contributed by atoms with E-state index in [4.69, 9.17) is 4.52 Å². The molecule has 0 aliphatic carbocycles. The fourth-order valence-electron chi connectivity index (χ4n) is 1.75. The van der Waals surface area contributed by atoms with Crippen LogP contribution in [0.15, 0.2) is 34.9 Å². The van der Waals surface area contributed by atoms with Gasteiger partial charge in [0.15, 0.2) is 5.82 Å². The van der Waals surface area contributed by atoms with E-state index in [0.717, 1.165) is 49.6 Å². The smallest absolute Gasteiger partial charge is 0.226 e. The van der Waals surface area contributed by atoms with E-state index in [1.54, 1.807) is 0 Å². The van der Waals surface area contributed by atoms with E-state index in [-0.39, 0.29) is 0 Å². The van der Waals surface area contributed by atoms with Crippen LogP contribution in [0.3, 0.4) is 0 Å². The van der Waals surface area contributed by atoms with Crippen molar-refractivity contribution in [3.8, 4) is 0 Å². The number of aromatic nitrogens is 2. The molecule has 0 unspecified atom stereocenters. The summed E-state index contributed by atoms with van der Waals surface area (Å²) >= 11 is 0. The van der Waals surface area contributed by atoms with E-state index in [9.17, 15) is 0 Å². The molecule has 4 nitrogen and oxygen atoms in total. The van der Waals surface area contributed by atoms with E-state index < -0.39 is 0 Å². The molecular formula is C14H19N3O. The second-order valence-electron chi connectivity index (χ2n) is 4.25. The molecule has 1 aromatic carbocycles. The van der Waals surface area contributed by atoms with Crippen molar-refractivity contribution in [2.24, 2.45) is 0 Å². The van der Waals surface area contributed by atoms with Gasteiger partial charge < -0.3 is 9.84 Å². The molecule has 96 valence electrons. The van der Waals surface area contributed by atoms with Crippen LogP contribution in [0.25, 0.3) is 0 Å². The van der Waals surface area contributed by atoms with Crippen LogP contribution >= 0.6 is 0 Å². The van der Waals surface area contributed by atoms with Gasteiger partial charge in [-0.3, -0.25) is 0 Å². The SMILES string of the molecule is CCCc1noc(CCCNc2ccccc2)n1. The lowest BCUT2D eigenvalue weighted by molar-refractivity contribution is 0.371. The Morgan fingerprint density at radius 2 is 2.00 bits per heavy atom. The van der Waals surface area contributed by atoms with Gasteiger partial charge >= 0.3 is 0 Å². The van der Waals surface area contributed by atoms with Crippen LogP contribution in [-0.2, 0) is 12.8 Å². The average molecular weight is 245 g/mol. The van der Waals surface area contributed by atoms with Crippen LogP contribution < -0.4 is 5.32 Å². The largest absolute Gasteiger partial charge is 0.385 e. The summed E-state index contributed by atoms with van der Waals surface area (Å²) in [6.07, 6.45) is 3.76. The molecule has 2 rings (SSSR count). The molecule has 1 heterocycles. The van der Waals surface area contributed by atoms with E-state index in [0.29, 0.717) is 0 Å². The van der Waals surface area contributed by atoms with Crippen molar-refractivity contribution in [1.29, 1.82) is 0 Å². The fraction of sp³-hybridized carbons (Fsp3) is 0.429. The zero-order valence-corrected chi connectivity index (χ0v) is 10.7. The highest BCUT2D eigenvalue weighted by atomic mass is 16.5. The van der Waals surface area contributed by atoms with Gasteiger partial charge in [0.1, 0.15) is 0 Å². The molecule has 0 saturated carbocycles. The zero-order chi connectivity index (χ0) is 12.6. The summed E-state index contributed by atoms with van der Waals surface area (Å²) in [7, 11) is 0. The maximum atomic E-state index is 5.18. The second kappa shape index (κ2) is 6.79. The van der Waals surface area contributed by atoms with Gasteiger partial charge in [-0.15, -0.1) is 0 Å². The number of para-hydroxylation sites is 1. The van der Waals surface area contributed by atoms with E-state index in [1.165, 1.54) is 0 Å². The number of hydrogen-bond acceptors (Lipinski definition) is 4. The van der Waals surface area contributed by atoms with Gasteiger partial charge in [0.25, 0.3) is 0 Å². The predicted molar refractivity (Wildman–Crippen MR) is 71.5 cm³/mol. The number of anilines is 1. The van der Waals surface area contributed by atoms with E-state index in [1.807, 2.05) is 18.2 Å². The maximum absolute atomic E-state index is 5.18. The molecule has 2 aromatic rings. The lowest BCUT2D eigenvalue weighted by atomic mass is 10.3. The quantitative estimate of drug-likeness (QED) is 0.762.